The molecule has 2 aromatic rings. The number of nitrogens with two attached hydrogens (primary N) is 1. The van der Waals surface area contributed by atoms with Gasteiger partial charge >= 0.3 is 0 Å². The van der Waals surface area contributed by atoms with Gasteiger partial charge in [0, 0.05) is 22.3 Å². The van der Waals surface area contributed by atoms with Gasteiger partial charge in [0.25, 0.3) is 5.91 Å². The Balaban J connectivity index is 2.32. The van der Waals surface area contributed by atoms with E-state index in [2.05, 4.69) is 21.2 Å². The Morgan fingerprint density at radius 1 is 1.00 bits per heavy atom. The van der Waals surface area contributed by atoms with Gasteiger partial charge in [-0.05, 0) is 28.1 Å². The predicted octanol–water partition coefficient (Wildman–Crippen LogP) is 3.84. The fraction of sp³-hybridized carbons (Fsp3) is 0. The minimum absolute atomic E-state index is 0.0426. The van der Waals surface area contributed by atoms with Crippen LogP contribution in [0, 0.1) is 23.3 Å². The van der Waals surface area contributed by atoms with Crippen LogP contribution in [0.5, 0.6) is 0 Å². The third-order valence-electron chi connectivity index (χ3n) is 2.57. The summed E-state index contributed by atoms with van der Waals surface area (Å²) >= 11 is 2.97. The van der Waals surface area contributed by atoms with E-state index in [0.29, 0.717) is 12.1 Å². The molecule has 0 atom stereocenters. The van der Waals surface area contributed by atoms with Gasteiger partial charge in [0.1, 0.15) is 5.82 Å². The lowest BCUT2D eigenvalue weighted by Crippen LogP contribution is -2.14. The van der Waals surface area contributed by atoms with Crippen molar-refractivity contribution in [3.63, 3.8) is 0 Å². The molecule has 0 bridgehead atoms. The van der Waals surface area contributed by atoms with Crippen LogP contribution in [0.3, 0.4) is 0 Å². The van der Waals surface area contributed by atoms with Crippen LogP contribution < -0.4 is 11.1 Å². The van der Waals surface area contributed by atoms with E-state index in [0.717, 1.165) is 12.1 Å². The molecule has 0 aromatic heterocycles. The normalized spacial score (nSPS) is 10.5. The first-order valence-corrected chi connectivity index (χ1v) is 6.29. The van der Waals surface area contributed by atoms with Crippen LogP contribution in [0.2, 0.25) is 0 Å². The minimum atomic E-state index is -1.64. The summed E-state index contributed by atoms with van der Waals surface area (Å²) in [5.41, 5.74) is 4.75. The third kappa shape index (κ3) is 3.15. The van der Waals surface area contributed by atoms with Gasteiger partial charge in [0.05, 0.1) is 11.3 Å². The molecule has 3 nitrogen and oxygen atoms in total. The van der Waals surface area contributed by atoms with Gasteiger partial charge in [0.15, 0.2) is 17.5 Å². The van der Waals surface area contributed by atoms with E-state index in [-0.39, 0.29) is 21.4 Å². The van der Waals surface area contributed by atoms with Crippen LogP contribution in [0.25, 0.3) is 0 Å². The van der Waals surface area contributed by atoms with Crippen molar-refractivity contribution in [2.75, 3.05) is 11.1 Å². The molecule has 0 spiro atoms. The lowest BCUT2D eigenvalue weighted by atomic mass is 10.1. The summed E-state index contributed by atoms with van der Waals surface area (Å²) in [6.45, 7) is 0. The van der Waals surface area contributed by atoms with E-state index >= 15 is 0 Å². The maximum Gasteiger partial charge on any atom is 0.256 e. The summed E-state index contributed by atoms with van der Waals surface area (Å²) in [5.74, 6) is -6.04. The first kappa shape index (κ1) is 15.3. The highest BCUT2D eigenvalue weighted by atomic mass is 79.9. The smallest absolute Gasteiger partial charge is 0.256 e. The van der Waals surface area contributed by atoms with Gasteiger partial charge in [-0.2, -0.15) is 0 Å². The average Bonchev–Trinajstić information content (AvgIpc) is 2.40. The van der Waals surface area contributed by atoms with Gasteiger partial charge < -0.3 is 11.1 Å². The zero-order valence-corrected chi connectivity index (χ0v) is 11.8. The largest absolute Gasteiger partial charge is 0.396 e. The Labute approximate surface area is 124 Å². The van der Waals surface area contributed by atoms with E-state index < -0.39 is 29.2 Å². The zero-order chi connectivity index (χ0) is 15.7. The number of anilines is 2. The Kier molecular flexibility index (Phi) is 4.17. The summed E-state index contributed by atoms with van der Waals surface area (Å²) in [4.78, 5) is 11.9. The number of halogens is 5. The molecule has 21 heavy (non-hydrogen) atoms. The molecule has 0 fully saturated rings. The monoisotopic (exact) mass is 362 g/mol. The Morgan fingerprint density at radius 2 is 1.57 bits per heavy atom. The van der Waals surface area contributed by atoms with Crippen molar-refractivity contribution in [3.05, 3.63) is 57.6 Å². The SMILES string of the molecule is Nc1cc(C(=O)Nc2cc(F)c(F)c(F)c2)c(Br)cc1F. The van der Waals surface area contributed by atoms with Gasteiger partial charge in [-0.1, -0.05) is 0 Å². The molecule has 0 unspecified atom stereocenters. The van der Waals surface area contributed by atoms with E-state index in [1.807, 2.05) is 0 Å². The molecular weight excluding hydrogens is 356 g/mol. The standard InChI is InChI=1S/C13H7BrF4N2O/c14-7-4-8(15)11(19)3-6(7)13(21)20-5-1-9(16)12(18)10(17)2-5/h1-4H,19H2,(H,20,21). The fourth-order valence-corrected chi connectivity index (χ4v) is 2.06. The van der Waals surface area contributed by atoms with Crippen molar-refractivity contribution in [3.8, 4) is 0 Å². The molecule has 2 rings (SSSR count). The van der Waals surface area contributed by atoms with Crippen molar-refractivity contribution >= 4 is 33.2 Å². The lowest BCUT2D eigenvalue weighted by Gasteiger charge is -2.09. The van der Waals surface area contributed by atoms with Gasteiger partial charge in [-0.15, -0.1) is 0 Å². The van der Waals surface area contributed by atoms with E-state index in [1.165, 1.54) is 0 Å². The molecular formula is C13H7BrF4N2O. The van der Waals surface area contributed by atoms with Crippen molar-refractivity contribution in [2.45, 2.75) is 0 Å². The summed E-state index contributed by atoms with van der Waals surface area (Å²) in [6, 6.07) is 3.29. The molecule has 3 N–H and O–H groups in total. The predicted molar refractivity (Wildman–Crippen MR) is 72.8 cm³/mol. The third-order valence-corrected chi connectivity index (χ3v) is 3.23. The number of hydrogen-bond acceptors (Lipinski definition) is 2. The minimum Gasteiger partial charge on any atom is -0.396 e. The van der Waals surface area contributed by atoms with Crippen molar-refractivity contribution in [1.82, 2.24) is 0 Å². The first-order chi connectivity index (χ1) is 9.79. The average molecular weight is 363 g/mol. The maximum atomic E-state index is 13.2. The van der Waals surface area contributed by atoms with Gasteiger partial charge in [0.2, 0.25) is 0 Å². The van der Waals surface area contributed by atoms with Crippen molar-refractivity contribution in [2.24, 2.45) is 0 Å². The highest BCUT2D eigenvalue weighted by Crippen LogP contribution is 2.24. The summed E-state index contributed by atoms with van der Waals surface area (Å²) in [6.07, 6.45) is 0. The van der Waals surface area contributed by atoms with Crippen LogP contribution in [-0.4, -0.2) is 5.91 Å². The fourth-order valence-electron chi connectivity index (χ4n) is 1.57. The van der Waals surface area contributed by atoms with Gasteiger partial charge in [-0.25, -0.2) is 17.6 Å². The second-order valence-electron chi connectivity index (χ2n) is 4.06. The molecule has 0 saturated carbocycles. The molecule has 0 aliphatic rings. The number of benzene rings is 2. The van der Waals surface area contributed by atoms with E-state index in [9.17, 15) is 22.4 Å². The number of carbonyl (C=O) groups excluding carboxylic acids is 1. The molecule has 0 aliphatic carbocycles. The Bertz CT molecular complexity index is 713. The van der Waals surface area contributed by atoms with Crippen LogP contribution in [0.4, 0.5) is 28.9 Å². The molecule has 110 valence electrons. The first-order valence-electron chi connectivity index (χ1n) is 5.50. The maximum absolute atomic E-state index is 13.2. The van der Waals surface area contributed by atoms with Gasteiger partial charge in [-0.3, -0.25) is 4.79 Å². The van der Waals surface area contributed by atoms with Crippen LogP contribution >= 0.6 is 15.9 Å². The number of amides is 1. The number of nitrogen functional groups attached to an aromatic ring is 1. The molecule has 2 aromatic carbocycles. The number of nitrogens with one attached hydrogen (secondary N) is 1. The van der Waals surface area contributed by atoms with E-state index in [1.54, 1.807) is 0 Å². The topological polar surface area (TPSA) is 55.1 Å². The second kappa shape index (κ2) is 5.72. The second-order valence-corrected chi connectivity index (χ2v) is 4.92. The number of rotatable bonds is 2. The molecule has 0 radical (unpaired) electrons. The summed E-state index contributed by atoms with van der Waals surface area (Å²) in [7, 11) is 0. The molecule has 0 aliphatic heterocycles. The molecule has 8 heteroatoms. The zero-order valence-electron chi connectivity index (χ0n) is 10.2. The van der Waals surface area contributed by atoms with Crippen LogP contribution in [-0.2, 0) is 0 Å². The van der Waals surface area contributed by atoms with E-state index in [4.69, 9.17) is 5.73 Å². The van der Waals surface area contributed by atoms with Crippen molar-refractivity contribution < 1.29 is 22.4 Å². The molecule has 0 saturated heterocycles. The highest BCUT2D eigenvalue weighted by molar-refractivity contribution is 9.10. The summed E-state index contributed by atoms with van der Waals surface area (Å²) < 4.78 is 52.2. The summed E-state index contributed by atoms with van der Waals surface area (Å²) in [5, 5.41) is 2.16. The van der Waals surface area contributed by atoms with Crippen LogP contribution in [0.1, 0.15) is 10.4 Å². The van der Waals surface area contributed by atoms with Crippen LogP contribution in [0.15, 0.2) is 28.7 Å². The molecule has 1 amide bonds. The number of hydrogen-bond donors (Lipinski definition) is 2. The lowest BCUT2D eigenvalue weighted by molar-refractivity contribution is 0.102. The van der Waals surface area contributed by atoms with Crippen molar-refractivity contribution in [1.29, 1.82) is 0 Å². The molecule has 0 heterocycles. The highest BCUT2D eigenvalue weighted by Gasteiger charge is 2.16. The Morgan fingerprint density at radius 3 is 2.14 bits per heavy atom. The Hall–Kier alpha value is -2.09. The number of carbonyl (C=O) groups is 1. The quantitative estimate of drug-likeness (QED) is 0.484.